The average Bonchev–Trinajstić information content (AvgIpc) is 3.22. The van der Waals surface area contributed by atoms with Crippen LogP contribution >= 0.6 is 0 Å². The van der Waals surface area contributed by atoms with E-state index in [1.165, 1.54) is 0 Å². The number of hydrogen-bond acceptors (Lipinski definition) is 5. The van der Waals surface area contributed by atoms with E-state index >= 15 is 0 Å². The minimum absolute atomic E-state index is 0.0733. The third kappa shape index (κ3) is 4.80. The fraction of sp³-hybridized carbons (Fsp3) is 0.360. The van der Waals surface area contributed by atoms with Crippen molar-refractivity contribution in [1.29, 1.82) is 0 Å². The molecule has 0 spiro atoms. The van der Waals surface area contributed by atoms with Gasteiger partial charge in [0.25, 0.3) is 0 Å². The molecule has 3 N–H and O–H groups in total. The lowest BCUT2D eigenvalue weighted by Gasteiger charge is -2.38. The van der Waals surface area contributed by atoms with E-state index in [2.05, 4.69) is 15.2 Å². The Bertz CT molecular complexity index is 1130. The van der Waals surface area contributed by atoms with Crippen LogP contribution in [-0.4, -0.2) is 60.2 Å². The lowest BCUT2D eigenvalue weighted by atomic mass is 10.0. The summed E-state index contributed by atoms with van der Waals surface area (Å²) in [6.45, 7) is 6.38. The van der Waals surface area contributed by atoms with Crippen molar-refractivity contribution in [2.75, 3.05) is 43.5 Å². The van der Waals surface area contributed by atoms with Crippen LogP contribution in [0, 0.1) is 5.92 Å². The predicted molar refractivity (Wildman–Crippen MR) is 129 cm³/mol. The van der Waals surface area contributed by atoms with E-state index in [9.17, 15) is 14.7 Å². The molecule has 1 atom stereocenters. The number of aromatic nitrogens is 1. The van der Waals surface area contributed by atoms with Gasteiger partial charge in [-0.2, -0.15) is 0 Å². The number of nitrogens with zero attached hydrogens (tertiary/aromatic N) is 2. The number of aromatic amines is 1. The van der Waals surface area contributed by atoms with Gasteiger partial charge in [0, 0.05) is 66.1 Å². The summed E-state index contributed by atoms with van der Waals surface area (Å²) >= 11 is 0. The van der Waals surface area contributed by atoms with E-state index in [4.69, 9.17) is 4.74 Å². The molecule has 0 unspecified atom stereocenters. The Morgan fingerprint density at radius 2 is 1.76 bits per heavy atom. The predicted octanol–water partition coefficient (Wildman–Crippen LogP) is 3.72. The van der Waals surface area contributed by atoms with Crippen molar-refractivity contribution in [3.63, 3.8) is 0 Å². The monoisotopic (exact) mass is 450 g/mol. The highest BCUT2D eigenvalue weighted by molar-refractivity contribution is 5.96. The van der Waals surface area contributed by atoms with Gasteiger partial charge in [0.05, 0.1) is 7.11 Å². The molecule has 0 bridgehead atoms. The Morgan fingerprint density at radius 3 is 2.36 bits per heavy atom. The molecular formula is C25H30N4O4. The van der Waals surface area contributed by atoms with Gasteiger partial charge in [0.15, 0.2) is 0 Å². The molecule has 1 saturated heterocycles. The van der Waals surface area contributed by atoms with Crippen molar-refractivity contribution in [2.45, 2.75) is 19.9 Å². The first-order valence-corrected chi connectivity index (χ1v) is 11.1. The standard InChI is InChI=1S/C25H30N4O4/c1-16(2)24(30)27-17-4-9-22-20(14-17)21(15-26-22)23(25(31)32)29-12-10-28(11-13-29)18-5-7-19(33-3)8-6-18/h4-9,14-16,23,26H,10-13H2,1-3H3,(H,27,30)(H,31,32)/t23-/m1/s1. The van der Waals surface area contributed by atoms with E-state index < -0.39 is 12.0 Å². The maximum Gasteiger partial charge on any atom is 0.325 e. The Balaban J connectivity index is 1.54. The summed E-state index contributed by atoms with van der Waals surface area (Å²) < 4.78 is 5.23. The Labute approximate surface area is 193 Å². The summed E-state index contributed by atoms with van der Waals surface area (Å²) in [4.78, 5) is 31.9. The first-order valence-electron chi connectivity index (χ1n) is 11.1. The molecule has 1 aliphatic rings. The second kappa shape index (κ2) is 9.54. The molecule has 8 nitrogen and oxygen atoms in total. The topological polar surface area (TPSA) is 97.9 Å². The zero-order valence-electron chi connectivity index (χ0n) is 19.2. The molecule has 3 aromatic rings. The van der Waals surface area contributed by atoms with Crippen LogP contribution in [0.2, 0.25) is 0 Å². The molecule has 33 heavy (non-hydrogen) atoms. The number of anilines is 2. The van der Waals surface area contributed by atoms with Crippen molar-refractivity contribution in [3.05, 3.63) is 54.2 Å². The van der Waals surface area contributed by atoms with Crippen LogP contribution in [0.25, 0.3) is 10.9 Å². The van der Waals surface area contributed by atoms with Crippen molar-refractivity contribution in [3.8, 4) is 5.75 Å². The summed E-state index contributed by atoms with van der Waals surface area (Å²) in [6, 6.07) is 12.7. The lowest BCUT2D eigenvalue weighted by Crippen LogP contribution is -2.49. The number of H-pyrrole nitrogens is 1. The van der Waals surface area contributed by atoms with Crippen LogP contribution in [0.1, 0.15) is 25.5 Å². The van der Waals surface area contributed by atoms with Gasteiger partial charge in [0.2, 0.25) is 5.91 Å². The van der Waals surface area contributed by atoms with E-state index in [1.807, 2.05) is 61.2 Å². The number of methoxy groups -OCH3 is 1. The molecule has 0 saturated carbocycles. The largest absolute Gasteiger partial charge is 0.497 e. The number of aliphatic carboxylic acids is 1. The minimum Gasteiger partial charge on any atom is -0.497 e. The summed E-state index contributed by atoms with van der Waals surface area (Å²) in [7, 11) is 1.64. The number of amides is 1. The highest BCUT2D eigenvalue weighted by atomic mass is 16.5. The fourth-order valence-electron chi connectivity index (χ4n) is 4.25. The number of ether oxygens (including phenoxy) is 1. The average molecular weight is 451 g/mol. The minimum atomic E-state index is -0.884. The molecule has 4 rings (SSSR count). The quantitative estimate of drug-likeness (QED) is 0.508. The SMILES string of the molecule is COc1ccc(N2CCN([C@@H](C(=O)O)c3c[nH]c4ccc(NC(=O)C(C)C)cc34)CC2)cc1. The third-order valence-corrected chi connectivity index (χ3v) is 6.15. The lowest BCUT2D eigenvalue weighted by molar-refractivity contribution is -0.143. The molecule has 1 aromatic heterocycles. The molecule has 1 fully saturated rings. The van der Waals surface area contributed by atoms with Gasteiger partial charge >= 0.3 is 5.97 Å². The third-order valence-electron chi connectivity index (χ3n) is 6.15. The van der Waals surface area contributed by atoms with Crippen LogP contribution in [-0.2, 0) is 9.59 Å². The summed E-state index contributed by atoms with van der Waals surface area (Å²) in [5, 5.41) is 13.8. The smallest absolute Gasteiger partial charge is 0.325 e. The second-order valence-electron chi connectivity index (χ2n) is 8.61. The summed E-state index contributed by atoms with van der Waals surface area (Å²) in [5.41, 5.74) is 3.31. The van der Waals surface area contributed by atoms with Gasteiger partial charge in [-0.25, -0.2) is 0 Å². The van der Waals surface area contributed by atoms with Gasteiger partial charge in [0.1, 0.15) is 11.8 Å². The highest BCUT2D eigenvalue weighted by Gasteiger charge is 2.32. The zero-order chi connectivity index (χ0) is 23.5. The molecule has 1 aliphatic heterocycles. The first kappa shape index (κ1) is 22.7. The molecule has 174 valence electrons. The van der Waals surface area contributed by atoms with Crippen LogP contribution in [0.15, 0.2) is 48.7 Å². The number of hydrogen-bond donors (Lipinski definition) is 3. The van der Waals surface area contributed by atoms with Crippen molar-refractivity contribution >= 4 is 34.2 Å². The van der Waals surface area contributed by atoms with Gasteiger partial charge in [-0.1, -0.05) is 13.8 Å². The van der Waals surface area contributed by atoms with Crippen molar-refractivity contribution in [1.82, 2.24) is 9.88 Å². The molecule has 2 heterocycles. The van der Waals surface area contributed by atoms with Gasteiger partial charge in [-0.15, -0.1) is 0 Å². The number of carbonyl (C=O) groups excluding carboxylic acids is 1. The van der Waals surface area contributed by atoms with E-state index in [-0.39, 0.29) is 11.8 Å². The number of rotatable bonds is 7. The van der Waals surface area contributed by atoms with E-state index in [1.54, 1.807) is 13.3 Å². The highest BCUT2D eigenvalue weighted by Crippen LogP contribution is 2.32. The molecule has 0 aliphatic carbocycles. The number of carboxylic acids is 1. The maximum absolute atomic E-state index is 12.4. The van der Waals surface area contributed by atoms with Crippen LogP contribution in [0.5, 0.6) is 5.75 Å². The fourth-order valence-corrected chi connectivity index (χ4v) is 4.25. The molecule has 1 amide bonds. The number of carboxylic acid groups (broad SMARTS) is 1. The normalized spacial score (nSPS) is 15.6. The Morgan fingerprint density at radius 1 is 1.06 bits per heavy atom. The summed E-state index contributed by atoms with van der Waals surface area (Å²) in [5.74, 6) is -0.284. The number of benzene rings is 2. The molecular weight excluding hydrogens is 420 g/mol. The van der Waals surface area contributed by atoms with E-state index in [0.717, 1.165) is 35.4 Å². The molecule has 8 heteroatoms. The number of fused-ring (bicyclic) bond motifs is 1. The van der Waals surface area contributed by atoms with Crippen molar-refractivity contribution in [2.24, 2.45) is 5.92 Å². The van der Waals surface area contributed by atoms with Crippen molar-refractivity contribution < 1.29 is 19.4 Å². The number of piperazine rings is 1. The van der Waals surface area contributed by atoms with Gasteiger partial charge in [-0.05, 0) is 42.5 Å². The molecule has 0 radical (unpaired) electrons. The number of nitrogens with one attached hydrogen (secondary N) is 2. The summed E-state index contributed by atoms with van der Waals surface area (Å²) in [6.07, 6.45) is 1.77. The zero-order valence-corrected chi connectivity index (χ0v) is 19.2. The van der Waals surface area contributed by atoms with Gasteiger partial charge < -0.3 is 25.0 Å². The van der Waals surface area contributed by atoms with Crippen LogP contribution in [0.4, 0.5) is 11.4 Å². The first-order chi connectivity index (χ1) is 15.9. The Hall–Kier alpha value is -3.52. The molecule has 2 aromatic carbocycles. The van der Waals surface area contributed by atoms with Crippen LogP contribution < -0.4 is 15.0 Å². The number of carbonyl (C=O) groups is 2. The Kier molecular flexibility index (Phi) is 6.55. The van der Waals surface area contributed by atoms with Crippen LogP contribution in [0.3, 0.4) is 0 Å². The maximum atomic E-state index is 12.4. The second-order valence-corrected chi connectivity index (χ2v) is 8.61. The van der Waals surface area contributed by atoms with Gasteiger partial charge in [-0.3, -0.25) is 14.5 Å². The van der Waals surface area contributed by atoms with E-state index in [0.29, 0.717) is 24.3 Å².